The van der Waals surface area contributed by atoms with E-state index in [9.17, 15) is 4.79 Å². The minimum absolute atomic E-state index is 0.242. The van der Waals surface area contributed by atoms with E-state index in [1.54, 1.807) is 26.4 Å². The summed E-state index contributed by atoms with van der Waals surface area (Å²) in [6, 6.07) is 11.1. The standard InChI is InChI=1S/C20H26N4O3/c1-26-17-7-5-6-16(19(17)27-2)23-20(25)22-14-15-9-12-24(13-10-15)18-8-3-4-11-21-18/h3-8,11,15H,9-10,12-14H2,1-2H3,(H2,22,23,25). The molecule has 1 aromatic heterocycles. The van der Waals surface area contributed by atoms with Crippen LogP contribution in [0.3, 0.4) is 0 Å². The Kier molecular flexibility index (Phi) is 6.35. The van der Waals surface area contributed by atoms with Crippen molar-refractivity contribution in [1.29, 1.82) is 0 Å². The number of hydrogen-bond donors (Lipinski definition) is 2. The van der Waals surface area contributed by atoms with Crippen molar-refractivity contribution in [3.05, 3.63) is 42.6 Å². The summed E-state index contributed by atoms with van der Waals surface area (Å²) in [5.74, 6) is 2.57. The van der Waals surface area contributed by atoms with Gasteiger partial charge in [-0.15, -0.1) is 0 Å². The lowest BCUT2D eigenvalue weighted by Crippen LogP contribution is -2.40. The highest BCUT2D eigenvalue weighted by molar-refractivity contribution is 5.91. The maximum absolute atomic E-state index is 12.3. The number of nitrogens with zero attached hydrogens (tertiary/aromatic N) is 2. The molecule has 2 aromatic rings. The van der Waals surface area contributed by atoms with Crippen molar-refractivity contribution < 1.29 is 14.3 Å². The topological polar surface area (TPSA) is 75.7 Å². The van der Waals surface area contributed by atoms with Crippen LogP contribution in [0, 0.1) is 5.92 Å². The summed E-state index contributed by atoms with van der Waals surface area (Å²) in [6.45, 7) is 2.55. The van der Waals surface area contributed by atoms with Gasteiger partial charge < -0.3 is 25.0 Å². The summed E-state index contributed by atoms with van der Waals surface area (Å²) in [7, 11) is 3.12. The molecule has 27 heavy (non-hydrogen) atoms. The number of para-hydroxylation sites is 1. The SMILES string of the molecule is COc1cccc(NC(=O)NCC2CCN(c3ccccn3)CC2)c1OC. The Morgan fingerprint density at radius 2 is 1.96 bits per heavy atom. The number of aromatic nitrogens is 1. The van der Waals surface area contributed by atoms with Crippen LogP contribution < -0.4 is 25.0 Å². The van der Waals surface area contributed by atoms with Crippen molar-refractivity contribution in [2.24, 2.45) is 5.92 Å². The minimum atomic E-state index is -0.242. The summed E-state index contributed by atoms with van der Waals surface area (Å²) in [5.41, 5.74) is 0.583. The summed E-state index contributed by atoms with van der Waals surface area (Å²) in [5, 5.41) is 5.80. The Labute approximate surface area is 159 Å². The van der Waals surface area contributed by atoms with Crippen molar-refractivity contribution in [2.45, 2.75) is 12.8 Å². The lowest BCUT2D eigenvalue weighted by Gasteiger charge is -2.32. The zero-order chi connectivity index (χ0) is 19.1. The third-order valence-electron chi connectivity index (χ3n) is 4.79. The molecule has 0 radical (unpaired) electrons. The van der Waals surface area contributed by atoms with E-state index in [-0.39, 0.29) is 6.03 Å². The highest BCUT2D eigenvalue weighted by Crippen LogP contribution is 2.34. The van der Waals surface area contributed by atoms with Gasteiger partial charge in [0.25, 0.3) is 0 Å². The molecule has 2 N–H and O–H groups in total. The second kappa shape index (κ2) is 9.12. The number of piperidine rings is 1. The molecule has 0 saturated carbocycles. The fourth-order valence-corrected chi connectivity index (χ4v) is 3.30. The third-order valence-corrected chi connectivity index (χ3v) is 4.79. The van der Waals surface area contributed by atoms with Crippen molar-refractivity contribution in [1.82, 2.24) is 10.3 Å². The fourth-order valence-electron chi connectivity index (χ4n) is 3.30. The Hall–Kier alpha value is -2.96. The second-order valence-corrected chi connectivity index (χ2v) is 6.49. The third kappa shape index (κ3) is 4.81. The number of anilines is 2. The van der Waals surface area contributed by atoms with Crippen LogP contribution in [0.1, 0.15) is 12.8 Å². The van der Waals surface area contributed by atoms with Crippen LogP contribution in [0.15, 0.2) is 42.6 Å². The van der Waals surface area contributed by atoms with Crippen molar-refractivity contribution in [2.75, 3.05) is 44.1 Å². The molecule has 1 fully saturated rings. The van der Waals surface area contributed by atoms with E-state index in [1.807, 2.05) is 30.5 Å². The number of nitrogens with one attached hydrogen (secondary N) is 2. The van der Waals surface area contributed by atoms with Gasteiger partial charge >= 0.3 is 6.03 Å². The molecule has 7 nitrogen and oxygen atoms in total. The predicted molar refractivity (Wildman–Crippen MR) is 106 cm³/mol. The number of amides is 2. The molecule has 2 heterocycles. The molecule has 1 aliphatic heterocycles. The molecular weight excluding hydrogens is 344 g/mol. The average Bonchev–Trinajstić information content (AvgIpc) is 2.73. The zero-order valence-electron chi connectivity index (χ0n) is 15.8. The van der Waals surface area contributed by atoms with Gasteiger partial charge in [-0.05, 0) is 43.0 Å². The van der Waals surface area contributed by atoms with Crippen LogP contribution in [0.4, 0.5) is 16.3 Å². The lowest BCUT2D eigenvalue weighted by atomic mass is 9.97. The number of urea groups is 1. The number of hydrogen-bond acceptors (Lipinski definition) is 5. The van der Waals surface area contributed by atoms with E-state index in [0.717, 1.165) is 31.7 Å². The maximum Gasteiger partial charge on any atom is 0.319 e. The number of methoxy groups -OCH3 is 2. The van der Waals surface area contributed by atoms with E-state index in [4.69, 9.17) is 9.47 Å². The summed E-state index contributed by atoms with van der Waals surface area (Å²) in [4.78, 5) is 19.0. The van der Waals surface area contributed by atoms with Gasteiger partial charge in [0.1, 0.15) is 5.82 Å². The van der Waals surface area contributed by atoms with Gasteiger partial charge in [0, 0.05) is 25.8 Å². The summed E-state index contributed by atoms with van der Waals surface area (Å²) < 4.78 is 10.6. The van der Waals surface area contributed by atoms with Gasteiger partial charge in [-0.1, -0.05) is 12.1 Å². The first-order valence-corrected chi connectivity index (χ1v) is 9.13. The molecule has 7 heteroatoms. The van der Waals surface area contributed by atoms with Gasteiger partial charge in [0.15, 0.2) is 11.5 Å². The highest BCUT2D eigenvalue weighted by Gasteiger charge is 2.20. The van der Waals surface area contributed by atoms with Gasteiger partial charge in [0.05, 0.1) is 19.9 Å². The number of carbonyl (C=O) groups is 1. The van der Waals surface area contributed by atoms with E-state index < -0.39 is 0 Å². The highest BCUT2D eigenvalue weighted by atomic mass is 16.5. The van der Waals surface area contributed by atoms with Gasteiger partial charge in [-0.3, -0.25) is 0 Å². The van der Waals surface area contributed by atoms with E-state index in [2.05, 4.69) is 20.5 Å². The van der Waals surface area contributed by atoms with Crippen LogP contribution in [0.25, 0.3) is 0 Å². The monoisotopic (exact) mass is 370 g/mol. The molecule has 3 rings (SSSR count). The molecular formula is C20H26N4O3. The molecule has 1 saturated heterocycles. The van der Waals surface area contributed by atoms with Crippen LogP contribution in [0.5, 0.6) is 11.5 Å². The summed E-state index contributed by atoms with van der Waals surface area (Å²) >= 11 is 0. The average molecular weight is 370 g/mol. The first-order chi connectivity index (χ1) is 13.2. The normalized spacial score (nSPS) is 14.5. The second-order valence-electron chi connectivity index (χ2n) is 6.49. The fraction of sp³-hybridized carbons (Fsp3) is 0.400. The van der Waals surface area contributed by atoms with E-state index in [1.165, 1.54) is 0 Å². The molecule has 144 valence electrons. The molecule has 2 amide bonds. The first-order valence-electron chi connectivity index (χ1n) is 9.13. The smallest absolute Gasteiger partial charge is 0.319 e. The number of benzene rings is 1. The largest absolute Gasteiger partial charge is 0.493 e. The van der Waals surface area contributed by atoms with Crippen LogP contribution >= 0.6 is 0 Å². The van der Waals surface area contributed by atoms with Crippen molar-refractivity contribution in [3.8, 4) is 11.5 Å². The Morgan fingerprint density at radius 1 is 1.15 bits per heavy atom. The van der Waals surface area contributed by atoms with Gasteiger partial charge in [-0.25, -0.2) is 9.78 Å². The molecule has 0 bridgehead atoms. The number of ether oxygens (including phenoxy) is 2. The predicted octanol–water partition coefficient (Wildman–Crippen LogP) is 3.14. The molecule has 1 aliphatic rings. The van der Waals surface area contributed by atoms with E-state index >= 15 is 0 Å². The maximum atomic E-state index is 12.3. The van der Waals surface area contributed by atoms with Gasteiger partial charge in [-0.2, -0.15) is 0 Å². The molecule has 0 atom stereocenters. The number of carbonyl (C=O) groups excluding carboxylic acids is 1. The molecule has 0 unspecified atom stereocenters. The number of pyridine rings is 1. The van der Waals surface area contributed by atoms with Crippen LogP contribution in [-0.2, 0) is 0 Å². The molecule has 0 spiro atoms. The number of rotatable bonds is 6. The Morgan fingerprint density at radius 3 is 2.63 bits per heavy atom. The quantitative estimate of drug-likeness (QED) is 0.817. The lowest BCUT2D eigenvalue weighted by molar-refractivity contribution is 0.248. The summed E-state index contributed by atoms with van der Waals surface area (Å²) in [6.07, 6.45) is 3.87. The first kappa shape index (κ1) is 18.8. The van der Waals surface area contributed by atoms with E-state index in [0.29, 0.717) is 29.6 Å². The van der Waals surface area contributed by atoms with Crippen molar-refractivity contribution >= 4 is 17.5 Å². The molecule has 1 aromatic carbocycles. The molecule has 0 aliphatic carbocycles. The Balaban J connectivity index is 1.47. The van der Waals surface area contributed by atoms with Crippen LogP contribution in [-0.4, -0.2) is 44.9 Å². The van der Waals surface area contributed by atoms with Crippen molar-refractivity contribution in [3.63, 3.8) is 0 Å². The zero-order valence-corrected chi connectivity index (χ0v) is 15.8. The van der Waals surface area contributed by atoms with Crippen LogP contribution in [0.2, 0.25) is 0 Å². The van der Waals surface area contributed by atoms with Gasteiger partial charge in [0.2, 0.25) is 0 Å². The Bertz CT molecular complexity index is 746. The minimum Gasteiger partial charge on any atom is -0.493 e.